The highest BCUT2D eigenvalue weighted by Gasteiger charge is 2.04. The molecule has 1 aromatic rings. The normalized spacial score (nSPS) is 12.4. The Labute approximate surface area is 61.9 Å². The molecule has 0 radical (unpaired) electrons. The van der Waals surface area contributed by atoms with E-state index in [4.69, 9.17) is 5.26 Å². The number of nitrogens with one attached hydrogen (secondary N) is 1. The summed E-state index contributed by atoms with van der Waals surface area (Å²) in [5, 5.41) is 10.1. The second-order valence-corrected chi connectivity index (χ2v) is 2.80. The van der Waals surface area contributed by atoms with Gasteiger partial charge >= 0.3 is 4.87 Å². The molecule has 0 bridgehead atoms. The molecule has 0 aliphatic carbocycles. The Balaban J connectivity index is 2.98. The second-order valence-electron chi connectivity index (χ2n) is 1.95. The second kappa shape index (κ2) is 2.67. The van der Waals surface area contributed by atoms with E-state index in [9.17, 15) is 4.79 Å². The van der Waals surface area contributed by atoms with Crippen LogP contribution in [-0.2, 0) is 0 Å². The monoisotopic (exact) mass is 154 g/mol. The predicted molar refractivity (Wildman–Crippen MR) is 39.0 cm³/mol. The predicted octanol–water partition coefficient (Wildman–Crippen LogP) is 1.06. The maximum Gasteiger partial charge on any atom is 0.304 e. The van der Waals surface area contributed by atoms with Gasteiger partial charge in [0.25, 0.3) is 0 Å². The van der Waals surface area contributed by atoms with Crippen molar-refractivity contribution in [3.63, 3.8) is 0 Å². The summed E-state index contributed by atoms with van der Waals surface area (Å²) in [5.74, 6) is -0.209. The first-order valence-electron chi connectivity index (χ1n) is 2.81. The summed E-state index contributed by atoms with van der Waals surface area (Å²) < 4.78 is 0. The van der Waals surface area contributed by atoms with Gasteiger partial charge in [-0.1, -0.05) is 11.3 Å². The lowest BCUT2D eigenvalue weighted by Crippen LogP contribution is -1.97. The average molecular weight is 154 g/mol. The first kappa shape index (κ1) is 7.03. The SMILES string of the molecule is CC(C#N)c1csc(=O)[nH]1. The summed E-state index contributed by atoms with van der Waals surface area (Å²) in [5.41, 5.74) is 0.706. The van der Waals surface area contributed by atoms with E-state index in [0.717, 1.165) is 11.3 Å². The lowest BCUT2D eigenvalue weighted by atomic mass is 10.1. The van der Waals surface area contributed by atoms with Crippen molar-refractivity contribution in [3.05, 3.63) is 20.7 Å². The fraction of sp³-hybridized carbons (Fsp3) is 0.333. The van der Waals surface area contributed by atoms with Crippen molar-refractivity contribution in [1.82, 2.24) is 4.98 Å². The lowest BCUT2D eigenvalue weighted by Gasteiger charge is -1.92. The molecule has 0 saturated carbocycles. The van der Waals surface area contributed by atoms with Crippen molar-refractivity contribution in [2.24, 2.45) is 0 Å². The van der Waals surface area contributed by atoms with Crippen LogP contribution in [0.15, 0.2) is 10.2 Å². The Bertz CT molecular complexity index is 306. The minimum Gasteiger partial charge on any atom is -0.315 e. The molecule has 1 aromatic heterocycles. The van der Waals surface area contributed by atoms with Gasteiger partial charge in [0.05, 0.1) is 12.0 Å². The number of aromatic nitrogens is 1. The van der Waals surface area contributed by atoms with Gasteiger partial charge in [0.1, 0.15) is 0 Å². The third kappa shape index (κ3) is 1.25. The highest BCUT2D eigenvalue weighted by molar-refractivity contribution is 7.07. The fourth-order valence-corrected chi connectivity index (χ4v) is 1.25. The van der Waals surface area contributed by atoms with Crippen LogP contribution in [-0.4, -0.2) is 4.98 Å². The summed E-state index contributed by atoms with van der Waals surface area (Å²) in [6.45, 7) is 1.75. The van der Waals surface area contributed by atoms with Crippen LogP contribution in [0.3, 0.4) is 0 Å². The van der Waals surface area contributed by atoms with E-state index in [1.807, 2.05) is 6.07 Å². The fourth-order valence-electron chi connectivity index (χ4n) is 0.574. The molecule has 0 spiro atoms. The van der Waals surface area contributed by atoms with Gasteiger partial charge in [-0.15, -0.1) is 0 Å². The van der Waals surface area contributed by atoms with E-state index in [1.165, 1.54) is 0 Å². The highest BCUT2D eigenvalue weighted by Crippen LogP contribution is 2.09. The Kier molecular flexibility index (Phi) is 1.88. The molecule has 10 heavy (non-hydrogen) atoms. The molecule has 3 nitrogen and oxygen atoms in total. The van der Waals surface area contributed by atoms with Gasteiger partial charge in [0, 0.05) is 11.1 Å². The molecule has 0 aromatic carbocycles. The summed E-state index contributed by atoms with van der Waals surface area (Å²) >= 11 is 1.09. The third-order valence-electron chi connectivity index (χ3n) is 1.20. The van der Waals surface area contributed by atoms with E-state index >= 15 is 0 Å². The number of aromatic amines is 1. The van der Waals surface area contributed by atoms with Gasteiger partial charge in [-0.25, -0.2) is 0 Å². The minimum absolute atomic E-state index is 0.0999. The van der Waals surface area contributed by atoms with Gasteiger partial charge < -0.3 is 4.98 Å². The Morgan fingerprint density at radius 2 is 2.60 bits per heavy atom. The maximum atomic E-state index is 10.6. The number of thiazole rings is 1. The number of hydrogen-bond donors (Lipinski definition) is 1. The Morgan fingerprint density at radius 1 is 1.90 bits per heavy atom. The van der Waals surface area contributed by atoms with Crippen LogP contribution in [0.25, 0.3) is 0 Å². The van der Waals surface area contributed by atoms with Crippen molar-refractivity contribution < 1.29 is 0 Å². The van der Waals surface area contributed by atoms with E-state index in [0.29, 0.717) is 5.69 Å². The molecule has 0 saturated heterocycles. The first-order valence-corrected chi connectivity index (χ1v) is 3.69. The number of hydrogen-bond acceptors (Lipinski definition) is 3. The van der Waals surface area contributed by atoms with Crippen molar-refractivity contribution in [3.8, 4) is 6.07 Å². The van der Waals surface area contributed by atoms with Crippen LogP contribution >= 0.6 is 11.3 Å². The molecule has 0 aliphatic rings. The summed E-state index contributed by atoms with van der Waals surface area (Å²) in [7, 11) is 0. The lowest BCUT2D eigenvalue weighted by molar-refractivity contribution is 0.928. The maximum absolute atomic E-state index is 10.6. The molecular weight excluding hydrogens is 148 g/mol. The highest BCUT2D eigenvalue weighted by atomic mass is 32.1. The van der Waals surface area contributed by atoms with E-state index < -0.39 is 0 Å². The van der Waals surface area contributed by atoms with Crippen LogP contribution in [0.2, 0.25) is 0 Å². The molecule has 1 heterocycles. The number of nitriles is 1. The summed E-state index contributed by atoms with van der Waals surface area (Å²) in [4.78, 5) is 13.0. The van der Waals surface area contributed by atoms with Gasteiger partial charge in [-0.3, -0.25) is 4.79 Å². The van der Waals surface area contributed by atoms with E-state index in [-0.39, 0.29) is 10.8 Å². The molecule has 4 heteroatoms. The molecule has 1 N–H and O–H groups in total. The first-order chi connectivity index (χ1) is 4.74. The Morgan fingerprint density at radius 3 is 3.00 bits per heavy atom. The zero-order valence-corrected chi connectivity index (χ0v) is 6.23. The molecule has 52 valence electrons. The topological polar surface area (TPSA) is 56.6 Å². The van der Waals surface area contributed by atoms with E-state index in [2.05, 4.69) is 4.98 Å². The van der Waals surface area contributed by atoms with Crippen molar-refractivity contribution >= 4 is 11.3 Å². The number of rotatable bonds is 1. The summed E-state index contributed by atoms with van der Waals surface area (Å²) in [6.07, 6.45) is 0. The molecule has 1 rings (SSSR count). The van der Waals surface area contributed by atoms with Gasteiger partial charge in [0.2, 0.25) is 0 Å². The van der Waals surface area contributed by atoms with Crippen LogP contribution in [0.1, 0.15) is 18.5 Å². The molecular formula is C6H6N2OS. The molecule has 0 amide bonds. The summed E-state index contributed by atoms with van der Waals surface area (Å²) in [6, 6.07) is 2.03. The van der Waals surface area contributed by atoms with Crippen LogP contribution in [0.4, 0.5) is 0 Å². The Hall–Kier alpha value is -1.08. The molecule has 1 atom stereocenters. The van der Waals surface area contributed by atoms with E-state index in [1.54, 1.807) is 12.3 Å². The number of H-pyrrole nitrogens is 1. The third-order valence-corrected chi connectivity index (χ3v) is 1.89. The molecule has 0 aliphatic heterocycles. The average Bonchev–Trinajstić information content (AvgIpc) is 2.34. The largest absolute Gasteiger partial charge is 0.315 e. The zero-order chi connectivity index (χ0) is 7.56. The number of nitrogens with zero attached hydrogens (tertiary/aromatic N) is 1. The van der Waals surface area contributed by atoms with Crippen molar-refractivity contribution in [2.45, 2.75) is 12.8 Å². The van der Waals surface area contributed by atoms with Crippen LogP contribution < -0.4 is 4.87 Å². The van der Waals surface area contributed by atoms with Crippen molar-refractivity contribution in [2.75, 3.05) is 0 Å². The van der Waals surface area contributed by atoms with Crippen molar-refractivity contribution in [1.29, 1.82) is 5.26 Å². The molecule has 1 unspecified atom stereocenters. The van der Waals surface area contributed by atoms with Gasteiger partial charge in [-0.05, 0) is 6.92 Å². The van der Waals surface area contributed by atoms with Gasteiger partial charge in [0.15, 0.2) is 0 Å². The zero-order valence-electron chi connectivity index (χ0n) is 5.42. The van der Waals surface area contributed by atoms with Gasteiger partial charge in [-0.2, -0.15) is 5.26 Å². The quantitative estimate of drug-likeness (QED) is 0.657. The minimum atomic E-state index is -0.209. The smallest absolute Gasteiger partial charge is 0.304 e. The van der Waals surface area contributed by atoms with Crippen LogP contribution in [0.5, 0.6) is 0 Å². The molecule has 0 fully saturated rings. The standard InChI is InChI=1S/C6H6N2OS/c1-4(2-7)5-3-10-6(9)8-5/h3-4H,1H3,(H,8,9). The van der Waals surface area contributed by atoms with Crippen LogP contribution in [0, 0.1) is 11.3 Å².